The number of thiazole rings is 1. The fraction of sp³-hybridized carbons (Fsp3) is 0.667. The lowest BCUT2D eigenvalue weighted by Gasteiger charge is -2.33. The van der Waals surface area contributed by atoms with Crippen molar-refractivity contribution in [3.8, 4) is 0 Å². The van der Waals surface area contributed by atoms with Gasteiger partial charge in [-0.1, -0.05) is 26.2 Å². The number of aryl methyl sites for hydroxylation is 1. The molecule has 0 aliphatic heterocycles. The van der Waals surface area contributed by atoms with Crippen LogP contribution in [0.5, 0.6) is 0 Å². The van der Waals surface area contributed by atoms with Crippen molar-refractivity contribution >= 4 is 23.2 Å². The summed E-state index contributed by atoms with van der Waals surface area (Å²) in [6, 6.07) is 0. The quantitative estimate of drug-likeness (QED) is 0.845. The van der Waals surface area contributed by atoms with Gasteiger partial charge >= 0.3 is 5.97 Å². The van der Waals surface area contributed by atoms with Crippen molar-refractivity contribution in [3.05, 3.63) is 16.1 Å². The fourth-order valence-electron chi connectivity index (χ4n) is 2.78. The zero-order valence-electron chi connectivity index (χ0n) is 12.4. The molecule has 2 N–H and O–H groups in total. The van der Waals surface area contributed by atoms with Gasteiger partial charge in [-0.05, 0) is 19.3 Å². The van der Waals surface area contributed by atoms with Gasteiger partial charge in [0.15, 0.2) is 0 Å². The SMILES string of the molecule is CCc1nc(CC(=O)NCC2(C(=O)O)CCCCC2)cs1. The molecular weight excluding hydrogens is 288 g/mol. The van der Waals surface area contributed by atoms with Crippen molar-refractivity contribution in [1.82, 2.24) is 10.3 Å². The van der Waals surface area contributed by atoms with Crippen molar-refractivity contribution < 1.29 is 14.7 Å². The van der Waals surface area contributed by atoms with Gasteiger partial charge in [-0.15, -0.1) is 11.3 Å². The molecule has 1 aromatic rings. The summed E-state index contributed by atoms with van der Waals surface area (Å²) in [6.07, 6.45) is 5.34. The Labute approximate surface area is 128 Å². The van der Waals surface area contributed by atoms with E-state index in [9.17, 15) is 14.7 Å². The summed E-state index contributed by atoms with van der Waals surface area (Å²) in [5, 5.41) is 15.2. The Morgan fingerprint density at radius 1 is 1.38 bits per heavy atom. The van der Waals surface area contributed by atoms with Gasteiger partial charge in [0, 0.05) is 11.9 Å². The Kier molecular flexibility index (Phi) is 5.33. The largest absolute Gasteiger partial charge is 0.481 e. The molecule has 0 saturated heterocycles. The summed E-state index contributed by atoms with van der Waals surface area (Å²) in [6.45, 7) is 2.26. The molecule has 0 bridgehead atoms. The monoisotopic (exact) mass is 310 g/mol. The summed E-state index contributed by atoms with van der Waals surface area (Å²) < 4.78 is 0. The van der Waals surface area contributed by atoms with E-state index in [1.165, 1.54) is 0 Å². The third kappa shape index (κ3) is 4.03. The topological polar surface area (TPSA) is 79.3 Å². The highest BCUT2D eigenvalue weighted by atomic mass is 32.1. The molecule has 0 unspecified atom stereocenters. The van der Waals surface area contributed by atoms with E-state index in [0.717, 1.165) is 36.4 Å². The predicted octanol–water partition coefficient (Wildman–Crippen LogP) is 2.40. The van der Waals surface area contributed by atoms with E-state index >= 15 is 0 Å². The van der Waals surface area contributed by atoms with Gasteiger partial charge < -0.3 is 10.4 Å². The Morgan fingerprint density at radius 3 is 2.67 bits per heavy atom. The lowest BCUT2D eigenvalue weighted by molar-refractivity contribution is -0.151. The van der Waals surface area contributed by atoms with E-state index in [1.54, 1.807) is 11.3 Å². The Bertz CT molecular complexity index is 507. The number of carboxylic acids is 1. The maximum atomic E-state index is 12.0. The molecule has 6 heteroatoms. The van der Waals surface area contributed by atoms with Crippen molar-refractivity contribution in [2.75, 3.05) is 6.54 Å². The zero-order valence-corrected chi connectivity index (χ0v) is 13.2. The van der Waals surface area contributed by atoms with E-state index in [0.29, 0.717) is 12.8 Å². The first-order valence-electron chi connectivity index (χ1n) is 7.49. The van der Waals surface area contributed by atoms with E-state index in [4.69, 9.17) is 0 Å². The summed E-state index contributed by atoms with van der Waals surface area (Å²) in [5.74, 6) is -0.932. The molecule has 1 aliphatic rings. The molecule has 0 radical (unpaired) electrons. The second kappa shape index (κ2) is 7.02. The number of nitrogens with one attached hydrogen (secondary N) is 1. The van der Waals surface area contributed by atoms with Crippen LogP contribution < -0.4 is 5.32 Å². The first kappa shape index (κ1) is 15.9. The minimum atomic E-state index is -0.788. The van der Waals surface area contributed by atoms with Gasteiger partial charge in [-0.3, -0.25) is 9.59 Å². The van der Waals surface area contributed by atoms with Crippen LogP contribution in [-0.2, 0) is 22.4 Å². The predicted molar refractivity (Wildman–Crippen MR) is 81.4 cm³/mol. The lowest BCUT2D eigenvalue weighted by Crippen LogP contribution is -2.44. The molecule has 0 aromatic carbocycles. The molecule has 1 heterocycles. The van der Waals surface area contributed by atoms with Crippen LogP contribution in [0.25, 0.3) is 0 Å². The highest BCUT2D eigenvalue weighted by Crippen LogP contribution is 2.36. The van der Waals surface area contributed by atoms with Crippen molar-refractivity contribution in [3.63, 3.8) is 0 Å². The molecule has 1 saturated carbocycles. The highest BCUT2D eigenvalue weighted by Gasteiger charge is 2.39. The molecule has 5 nitrogen and oxygen atoms in total. The van der Waals surface area contributed by atoms with Gasteiger partial charge in [0.1, 0.15) is 0 Å². The van der Waals surface area contributed by atoms with Crippen LogP contribution in [-0.4, -0.2) is 28.5 Å². The molecular formula is C15H22N2O3S. The van der Waals surface area contributed by atoms with Gasteiger partial charge in [-0.2, -0.15) is 0 Å². The van der Waals surface area contributed by atoms with Crippen LogP contribution in [0.3, 0.4) is 0 Å². The van der Waals surface area contributed by atoms with Crippen LogP contribution in [0, 0.1) is 5.41 Å². The van der Waals surface area contributed by atoms with E-state index < -0.39 is 11.4 Å². The third-order valence-electron chi connectivity index (χ3n) is 4.13. The first-order valence-corrected chi connectivity index (χ1v) is 8.37. The summed E-state index contributed by atoms with van der Waals surface area (Å²) in [5.41, 5.74) is -0.00717. The summed E-state index contributed by atoms with van der Waals surface area (Å²) in [4.78, 5) is 27.9. The number of hydrogen-bond acceptors (Lipinski definition) is 4. The maximum Gasteiger partial charge on any atom is 0.311 e. The van der Waals surface area contributed by atoms with Gasteiger partial charge in [0.25, 0.3) is 0 Å². The van der Waals surface area contributed by atoms with E-state index in [2.05, 4.69) is 10.3 Å². The number of rotatable bonds is 6. The number of carbonyl (C=O) groups is 2. The standard InChI is InChI=1S/C15H22N2O3S/c1-2-13-17-11(9-21-13)8-12(18)16-10-15(14(19)20)6-4-3-5-7-15/h9H,2-8,10H2,1H3,(H,16,18)(H,19,20). The smallest absolute Gasteiger partial charge is 0.311 e. The second-order valence-electron chi connectivity index (χ2n) is 5.69. The Hall–Kier alpha value is -1.43. The first-order chi connectivity index (χ1) is 10.1. The molecule has 1 amide bonds. The van der Waals surface area contributed by atoms with Crippen LogP contribution in [0.15, 0.2) is 5.38 Å². The van der Waals surface area contributed by atoms with Gasteiger partial charge in [0.2, 0.25) is 5.91 Å². The van der Waals surface area contributed by atoms with E-state index in [1.807, 2.05) is 12.3 Å². The molecule has 21 heavy (non-hydrogen) atoms. The van der Waals surface area contributed by atoms with Crippen molar-refractivity contribution in [2.24, 2.45) is 5.41 Å². The Morgan fingerprint density at radius 2 is 2.10 bits per heavy atom. The average Bonchev–Trinajstić information content (AvgIpc) is 2.93. The molecule has 1 aliphatic carbocycles. The molecule has 2 rings (SSSR count). The van der Waals surface area contributed by atoms with Crippen molar-refractivity contribution in [2.45, 2.75) is 51.9 Å². The normalized spacial score (nSPS) is 17.4. The summed E-state index contributed by atoms with van der Waals surface area (Å²) >= 11 is 1.56. The number of aromatic nitrogens is 1. The van der Waals surface area contributed by atoms with Crippen LogP contribution >= 0.6 is 11.3 Å². The van der Waals surface area contributed by atoms with Gasteiger partial charge in [0.05, 0.1) is 22.5 Å². The lowest BCUT2D eigenvalue weighted by atomic mass is 9.74. The maximum absolute atomic E-state index is 12.0. The zero-order chi connectivity index (χ0) is 15.3. The molecule has 1 fully saturated rings. The summed E-state index contributed by atoms with van der Waals surface area (Å²) in [7, 11) is 0. The van der Waals surface area contributed by atoms with Crippen molar-refractivity contribution in [1.29, 1.82) is 0 Å². The van der Waals surface area contributed by atoms with E-state index in [-0.39, 0.29) is 18.9 Å². The molecule has 0 atom stereocenters. The average molecular weight is 310 g/mol. The number of aliphatic carboxylic acids is 1. The van der Waals surface area contributed by atoms with Crippen LogP contribution in [0.1, 0.15) is 49.7 Å². The highest BCUT2D eigenvalue weighted by molar-refractivity contribution is 7.09. The number of carboxylic acid groups (broad SMARTS) is 1. The molecule has 116 valence electrons. The number of hydrogen-bond donors (Lipinski definition) is 2. The minimum absolute atomic E-state index is 0.144. The number of carbonyl (C=O) groups excluding carboxylic acids is 1. The molecule has 1 aromatic heterocycles. The van der Waals surface area contributed by atoms with Gasteiger partial charge in [-0.25, -0.2) is 4.98 Å². The minimum Gasteiger partial charge on any atom is -0.481 e. The number of amides is 1. The second-order valence-corrected chi connectivity index (χ2v) is 6.63. The van der Waals surface area contributed by atoms with Crippen LogP contribution in [0.2, 0.25) is 0 Å². The fourth-order valence-corrected chi connectivity index (χ4v) is 3.53. The van der Waals surface area contributed by atoms with Crippen LogP contribution in [0.4, 0.5) is 0 Å². The number of nitrogens with zero attached hydrogens (tertiary/aromatic N) is 1. The third-order valence-corrected chi connectivity index (χ3v) is 5.17. The Balaban J connectivity index is 1.88. The molecule has 0 spiro atoms.